The summed E-state index contributed by atoms with van der Waals surface area (Å²) in [7, 11) is -5.11. The molecule has 108 valence electrons. The summed E-state index contributed by atoms with van der Waals surface area (Å²) in [4.78, 5) is 0. The third-order valence-electron chi connectivity index (χ3n) is 3.89. The van der Waals surface area contributed by atoms with Gasteiger partial charge in [-0.05, 0) is 19.1 Å². The third-order valence-corrected chi connectivity index (χ3v) is 20.2. The van der Waals surface area contributed by atoms with E-state index in [-0.39, 0.29) is 0 Å². The molecule has 0 N–H and O–H groups in total. The summed E-state index contributed by atoms with van der Waals surface area (Å²) >= 11 is 0. The van der Waals surface area contributed by atoms with Crippen LogP contribution in [0.3, 0.4) is 0 Å². The minimum Gasteiger partial charge on any atom is -0.408 e. The number of alkyl halides is 6. The Hall–Kier alpha value is -0.0262. The van der Waals surface area contributed by atoms with Gasteiger partial charge in [0, 0.05) is 0 Å². The van der Waals surface area contributed by atoms with Crippen molar-refractivity contribution < 1.29 is 30.8 Å². The zero-order chi connectivity index (χ0) is 14.6. The first kappa shape index (κ1) is 16.0. The van der Waals surface area contributed by atoms with E-state index < -0.39 is 45.8 Å². The van der Waals surface area contributed by atoms with Gasteiger partial charge in [0.25, 0.3) is 0 Å². The first-order valence-corrected chi connectivity index (χ1v) is 12.6. The van der Waals surface area contributed by atoms with Gasteiger partial charge in [0.05, 0.1) is 13.5 Å². The fraction of sp³-hybridized carbons (Fsp3) is 1.00. The van der Waals surface area contributed by atoms with Crippen molar-refractivity contribution in [2.24, 2.45) is 5.92 Å². The molecule has 0 aromatic carbocycles. The monoisotopic (exact) mass is 310 g/mol. The van der Waals surface area contributed by atoms with Crippen LogP contribution in [-0.2, 0) is 4.43 Å². The molecule has 1 aliphatic rings. The Kier molecular flexibility index (Phi) is 3.77. The first-order valence-electron chi connectivity index (χ1n) is 5.50. The molecule has 0 aromatic rings. The summed E-state index contributed by atoms with van der Waals surface area (Å²) in [5.74, 6) is -2.42. The van der Waals surface area contributed by atoms with E-state index in [2.05, 4.69) is 0 Å². The van der Waals surface area contributed by atoms with E-state index >= 15 is 0 Å². The predicted molar refractivity (Wildman–Crippen MR) is 60.2 cm³/mol. The van der Waals surface area contributed by atoms with Gasteiger partial charge in [0.15, 0.2) is 13.9 Å². The highest BCUT2D eigenvalue weighted by Gasteiger charge is 2.64. The summed E-state index contributed by atoms with van der Waals surface area (Å²) in [6.07, 6.45) is -12.5. The van der Waals surface area contributed by atoms with Gasteiger partial charge >= 0.3 is 12.4 Å². The van der Waals surface area contributed by atoms with E-state index in [1.54, 1.807) is 26.2 Å². The van der Waals surface area contributed by atoms with Crippen molar-refractivity contribution in [3.8, 4) is 0 Å². The topological polar surface area (TPSA) is 9.23 Å². The molecule has 2 unspecified atom stereocenters. The van der Waals surface area contributed by atoms with Gasteiger partial charge in [-0.15, -0.1) is 0 Å². The van der Waals surface area contributed by atoms with Crippen LogP contribution in [0.25, 0.3) is 0 Å². The molecule has 0 aromatic heterocycles. The van der Waals surface area contributed by atoms with Crippen LogP contribution in [0.5, 0.6) is 0 Å². The van der Waals surface area contributed by atoms with Crippen LogP contribution in [0, 0.1) is 5.92 Å². The van der Waals surface area contributed by atoms with Crippen molar-refractivity contribution in [2.45, 2.75) is 50.7 Å². The van der Waals surface area contributed by atoms with Crippen molar-refractivity contribution >= 4 is 15.4 Å². The molecular weight excluding hydrogens is 294 g/mol. The Labute approximate surface area is 103 Å². The second-order valence-electron chi connectivity index (χ2n) is 5.83. The summed E-state index contributed by atoms with van der Waals surface area (Å²) < 4.78 is 81.5. The fourth-order valence-electron chi connectivity index (χ4n) is 2.04. The van der Waals surface area contributed by atoms with Crippen LogP contribution in [0.15, 0.2) is 0 Å². The maximum atomic E-state index is 12.8. The summed E-state index contributed by atoms with van der Waals surface area (Å²) in [5.41, 5.74) is 0. The molecule has 1 aliphatic heterocycles. The van der Waals surface area contributed by atoms with Crippen molar-refractivity contribution in [2.75, 3.05) is 0 Å². The second-order valence-corrected chi connectivity index (χ2v) is 20.9. The second kappa shape index (κ2) is 4.24. The van der Waals surface area contributed by atoms with E-state index in [9.17, 15) is 26.3 Å². The van der Waals surface area contributed by atoms with Gasteiger partial charge in [-0.2, -0.15) is 26.3 Å². The summed E-state index contributed by atoms with van der Waals surface area (Å²) in [5, 5.41) is 0. The van der Waals surface area contributed by atoms with Crippen molar-refractivity contribution in [3.05, 3.63) is 0 Å². The number of hydrogen-bond donors (Lipinski definition) is 0. The fourth-order valence-corrected chi connectivity index (χ4v) is 8.80. The normalized spacial score (nSPS) is 32.3. The molecule has 18 heavy (non-hydrogen) atoms. The maximum absolute atomic E-state index is 12.8. The average molecular weight is 310 g/mol. The lowest BCUT2D eigenvalue weighted by molar-refractivity contribution is -0.267. The molecule has 2 atom stereocenters. The van der Waals surface area contributed by atoms with Gasteiger partial charge in [0.2, 0.25) is 0 Å². The van der Waals surface area contributed by atoms with Crippen molar-refractivity contribution in [1.82, 2.24) is 0 Å². The molecule has 9 heteroatoms. The van der Waals surface area contributed by atoms with Crippen LogP contribution in [0.1, 0.15) is 0 Å². The molecule has 1 rings (SSSR count). The van der Waals surface area contributed by atoms with E-state index in [4.69, 9.17) is 4.43 Å². The van der Waals surface area contributed by atoms with E-state index in [1.807, 2.05) is 0 Å². The largest absolute Gasteiger partial charge is 0.413 e. The smallest absolute Gasteiger partial charge is 0.408 e. The number of hydrogen-bond acceptors (Lipinski definition) is 1. The Bertz CT molecular complexity index is 290. The molecule has 0 amide bonds. The first-order chi connectivity index (χ1) is 7.68. The summed E-state index contributed by atoms with van der Waals surface area (Å²) in [6.45, 7) is 6.55. The van der Waals surface area contributed by atoms with Gasteiger partial charge in [-0.25, -0.2) is 0 Å². The Balaban J connectivity index is 3.16. The van der Waals surface area contributed by atoms with E-state index in [0.717, 1.165) is 0 Å². The van der Waals surface area contributed by atoms with Crippen LogP contribution in [-0.4, -0.2) is 33.9 Å². The molecule has 0 spiro atoms. The lowest BCUT2D eigenvalue weighted by atomic mass is 10.0. The SMILES string of the molecule is C[Si]1(C)CC(C(F)(F)F)C(C(F)(F)F)O[Si]1(C)C. The van der Waals surface area contributed by atoms with Crippen LogP contribution >= 0.6 is 0 Å². The zero-order valence-electron chi connectivity index (χ0n) is 10.5. The minimum atomic E-state index is -4.96. The van der Waals surface area contributed by atoms with Gasteiger partial charge < -0.3 is 4.43 Å². The van der Waals surface area contributed by atoms with Crippen LogP contribution in [0.2, 0.25) is 32.2 Å². The lowest BCUT2D eigenvalue weighted by Gasteiger charge is -2.49. The molecule has 1 fully saturated rings. The van der Waals surface area contributed by atoms with E-state index in [1.165, 1.54) is 0 Å². The maximum Gasteiger partial charge on any atom is 0.413 e. The number of halogens is 6. The molecule has 1 nitrogen and oxygen atoms in total. The molecule has 0 aliphatic carbocycles. The Morgan fingerprint density at radius 2 is 1.33 bits per heavy atom. The Morgan fingerprint density at radius 1 is 0.889 bits per heavy atom. The predicted octanol–water partition coefficient (Wildman–Crippen LogP) is 4.12. The van der Waals surface area contributed by atoms with Gasteiger partial charge in [0.1, 0.15) is 0 Å². The zero-order valence-corrected chi connectivity index (χ0v) is 12.5. The highest BCUT2D eigenvalue weighted by Crippen LogP contribution is 2.48. The quantitative estimate of drug-likeness (QED) is 0.483. The highest BCUT2D eigenvalue weighted by atomic mass is 29.3. The molecule has 1 saturated heterocycles. The van der Waals surface area contributed by atoms with Crippen molar-refractivity contribution in [1.29, 1.82) is 0 Å². The molecule has 1 heterocycles. The van der Waals surface area contributed by atoms with Gasteiger partial charge in [-0.3, -0.25) is 0 Å². The molecule has 0 radical (unpaired) electrons. The van der Waals surface area contributed by atoms with Crippen LogP contribution in [0.4, 0.5) is 26.3 Å². The average Bonchev–Trinajstić information content (AvgIpc) is 2.05. The number of rotatable bonds is 0. The van der Waals surface area contributed by atoms with Crippen molar-refractivity contribution in [3.63, 3.8) is 0 Å². The summed E-state index contributed by atoms with van der Waals surface area (Å²) in [6, 6.07) is -0.403. The Morgan fingerprint density at radius 3 is 1.67 bits per heavy atom. The van der Waals surface area contributed by atoms with Gasteiger partial charge in [-0.1, -0.05) is 13.1 Å². The molecular formula is C9H16F6OSi2. The minimum absolute atomic E-state index is 0.403. The van der Waals surface area contributed by atoms with Crippen LogP contribution < -0.4 is 0 Å². The molecule has 0 bridgehead atoms. The van der Waals surface area contributed by atoms with E-state index in [0.29, 0.717) is 0 Å². The molecule has 0 saturated carbocycles. The lowest BCUT2D eigenvalue weighted by Crippen LogP contribution is -2.68. The third kappa shape index (κ3) is 2.93. The standard InChI is InChI=1S/C9H16F6OSi2/c1-17(2)5-6(8(10,11)12)7(9(13,14)15)16-18(17,3)4/h6-7H,5H2,1-4H3. The highest BCUT2D eigenvalue weighted by molar-refractivity contribution is 7.38.